The summed E-state index contributed by atoms with van der Waals surface area (Å²) in [7, 11) is 0. The molecule has 8 nitrogen and oxygen atoms in total. The van der Waals surface area contributed by atoms with E-state index in [1.54, 1.807) is 6.20 Å². The van der Waals surface area contributed by atoms with Crippen LogP contribution < -0.4 is 5.32 Å². The quantitative estimate of drug-likeness (QED) is 0.578. The van der Waals surface area contributed by atoms with Gasteiger partial charge in [0.1, 0.15) is 0 Å². The van der Waals surface area contributed by atoms with Crippen LogP contribution in [0.2, 0.25) is 0 Å². The molecule has 3 heterocycles. The number of amides is 1. The molecule has 3 rings (SSSR count). The third-order valence-electron chi connectivity index (χ3n) is 5.45. The Balaban J connectivity index is 1.49. The van der Waals surface area contributed by atoms with Crippen LogP contribution in [0, 0.1) is 0 Å². The van der Waals surface area contributed by atoms with E-state index in [0.29, 0.717) is 5.91 Å². The Morgan fingerprint density at radius 3 is 2.52 bits per heavy atom. The van der Waals surface area contributed by atoms with Crippen LogP contribution in [0.25, 0.3) is 0 Å². The number of carbonyl (C=O) groups excluding carboxylic acids is 1. The second kappa shape index (κ2) is 9.73. The first-order valence-electron chi connectivity index (χ1n) is 10.2. The molecule has 0 saturated carbocycles. The third-order valence-corrected chi connectivity index (χ3v) is 5.45. The van der Waals surface area contributed by atoms with Gasteiger partial charge < -0.3 is 19.7 Å². The van der Waals surface area contributed by atoms with Crippen molar-refractivity contribution < 1.29 is 4.79 Å². The van der Waals surface area contributed by atoms with Crippen molar-refractivity contribution in [3.05, 3.63) is 18.7 Å². The Kier molecular flexibility index (Phi) is 7.09. The van der Waals surface area contributed by atoms with E-state index in [-0.39, 0.29) is 6.04 Å². The van der Waals surface area contributed by atoms with E-state index in [1.165, 1.54) is 0 Å². The van der Waals surface area contributed by atoms with E-state index in [0.717, 1.165) is 77.7 Å². The number of hydrogen-bond acceptors (Lipinski definition) is 4. The van der Waals surface area contributed by atoms with Crippen LogP contribution in [-0.4, -0.2) is 94.5 Å². The molecule has 1 N–H and O–H groups in total. The number of rotatable bonds is 6. The number of aliphatic imine (C=N–C) groups is 1. The maximum absolute atomic E-state index is 12.6. The van der Waals surface area contributed by atoms with E-state index >= 15 is 0 Å². The molecule has 1 amide bonds. The Bertz CT molecular complexity index is 602. The monoisotopic (exact) mass is 375 g/mol. The van der Waals surface area contributed by atoms with Crippen LogP contribution in [-0.2, 0) is 11.3 Å². The molecule has 27 heavy (non-hydrogen) atoms. The smallest absolute Gasteiger partial charge is 0.239 e. The summed E-state index contributed by atoms with van der Waals surface area (Å²) >= 11 is 0. The highest BCUT2D eigenvalue weighted by atomic mass is 16.2. The van der Waals surface area contributed by atoms with E-state index in [9.17, 15) is 4.79 Å². The van der Waals surface area contributed by atoms with Crippen LogP contribution in [0.5, 0.6) is 0 Å². The van der Waals surface area contributed by atoms with Crippen molar-refractivity contribution in [1.29, 1.82) is 0 Å². The van der Waals surface area contributed by atoms with Gasteiger partial charge >= 0.3 is 0 Å². The number of imidazole rings is 1. The molecule has 0 spiro atoms. The molecule has 1 aromatic rings. The number of hydrogen-bond donors (Lipinski definition) is 1. The van der Waals surface area contributed by atoms with Crippen LogP contribution in [0.1, 0.15) is 26.7 Å². The van der Waals surface area contributed by atoms with E-state index in [4.69, 9.17) is 4.99 Å². The predicted molar refractivity (Wildman–Crippen MR) is 107 cm³/mol. The molecule has 0 radical (unpaired) electrons. The number of nitrogens with one attached hydrogen (secondary N) is 1. The molecule has 1 atom stereocenters. The molecule has 1 unspecified atom stereocenters. The van der Waals surface area contributed by atoms with Gasteiger partial charge in [0.2, 0.25) is 5.91 Å². The molecular weight excluding hydrogens is 342 g/mol. The van der Waals surface area contributed by atoms with Gasteiger partial charge in [0.15, 0.2) is 5.96 Å². The first-order valence-corrected chi connectivity index (χ1v) is 10.2. The van der Waals surface area contributed by atoms with Gasteiger partial charge in [-0.3, -0.25) is 14.7 Å². The normalized spacial score (nSPS) is 20.1. The first-order chi connectivity index (χ1) is 13.2. The van der Waals surface area contributed by atoms with Gasteiger partial charge in [0, 0.05) is 64.8 Å². The fourth-order valence-corrected chi connectivity index (χ4v) is 3.80. The van der Waals surface area contributed by atoms with Gasteiger partial charge in [-0.1, -0.05) is 0 Å². The largest absolute Gasteiger partial charge is 0.357 e. The number of carbonyl (C=O) groups is 1. The summed E-state index contributed by atoms with van der Waals surface area (Å²) in [4.78, 5) is 28.1. The molecule has 0 aliphatic carbocycles. The number of guanidine groups is 1. The van der Waals surface area contributed by atoms with Crippen molar-refractivity contribution in [3.8, 4) is 0 Å². The highest BCUT2D eigenvalue weighted by Crippen LogP contribution is 2.14. The van der Waals surface area contributed by atoms with Crippen molar-refractivity contribution in [2.45, 2.75) is 39.3 Å². The van der Waals surface area contributed by atoms with E-state index in [1.807, 2.05) is 22.0 Å². The Morgan fingerprint density at radius 2 is 1.89 bits per heavy atom. The zero-order valence-corrected chi connectivity index (χ0v) is 16.7. The van der Waals surface area contributed by atoms with Crippen LogP contribution in [0.15, 0.2) is 23.7 Å². The van der Waals surface area contributed by atoms with Crippen LogP contribution in [0.3, 0.4) is 0 Å². The van der Waals surface area contributed by atoms with E-state index < -0.39 is 0 Å². The molecule has 0 aromatic carbocycles. The van der Waals surface area contributed by atoms with Crippen molar-refractivity contribution >= 4 is 11.9 Å². The van der Waals surface area contributed by atoms with Gasteiger partial charge in [0.05, 0.1) is 18.9 Å². The Morgan fingerprint density at radius 1 is 1.15 bits per heavy atom. The second-order valence-electron chi connectivity index (χ2n) is 7.27. The third kappa shape index (κ3) is 5.22. The van der Waals surface area contributed by atoms with Crippen LogP contribution in [0.4, 0.5) is 0 Å². The minimum absolute atomic E-state index is 0.0222. The maximum atomic E-state index is 12.6. The fourth-order valence-electron chi connectivity index (χ4n) is 3.80. The molecule has 0 bridgehead atoms. The molecule has 2 fully saturated rings. The number of likely N-dealkylation sites (tertiary alicyclic amines) is 1. The van der Waals surface area contributed by atoms with Crippen LogP contribution >= 0.6 is 0 Å². The minimum atomic E-state index is -0.0222. The van der Waals surface area contributed by atoms with Gasteiger partial charge in [-0.05, 0) is 26.7 Å². The zero-order valence-electron chi connectivity index (χ0n) is 16.7. The maximum Gasteiger partial charge on any atom is 0.239 e. The SMILES string of the molecule is CCNC(=NCCn1ccnc1)N1CCN(C(C)C(=O)N2CCCC2)CC1. The van der Waals surface area contributed by atoms with Crippen molar-refractivity contribution in [2.24, 2.45) is 4.99 Å². The lowest BCUT2D eigenvalue weighted by Crippen LogP contribution is -2.57. The highest BCUT2D eigenvalue weighted by molar-refractivity contribution is 5.82. The molecular formula is C19H33N7O. The first kappa shape index (κ1) is 19.7. The van der Waals surface area contributed by atoms with Gasteiger partial charge in [0.25, 0.3) is 0 Å². The molecule has 1 aromatic heterocycles. The van der Waals surface area contributed by atoms with E-state index in [2.05, 4.69) is 33.9 Å². The zero-order chi connectivity index (χ0) is 19.1. The van der Waals surface area contributed by atoms with Gasteiger partial charge in [-0.15, -0.1) is 0 Å². The molecule has 150 valence electrons. The molecule has 2 aliphatic heterocycles. The number of piperazine rings is 1. The summed E-state index contributed by atoms with van der Waals surface area (Å²) in [6, 6.07) is -0.0222. The number of aromatic nitrogens is 2. The lowest BCUT2D eigenvalue weighted by molar-refractivity contribution is -0.135. The Labute approximate surface area is 162 Å². The summed E-state index contributed by atoms with van der Waals surface area (Å²) < 4.78 is 2.04. The minimum Gasteiger partial charge on any atom is -0.357 e. The van der Waals surface area contributed by atoms with Crippen molar-refractivity contribution in [1.82, 2.24) is 29.6 Å². The summed E-state index contributed by atoms with van der Waals surface area (Å²) in [6.07, 6.45) is 7.86. The Hall–Kier alpha value is -2.09. The summed E-state index contributed by atoms with van der Waals surface area (Å²) in [6.45, 7) is 12.0. The summed E-state index contributed by atoms with van der Waals surface area (Å²) in [5.74, 6) is 1.26. The standard InChI is InChI=1S/C19H33N7O/c1-3-21-19(22-7-11-23-10-6-20-16-23)26-14-12-24(13-15-26)17(2)18(27)25-8-4-5-9-25/h6,10,16-17H,3-5,7-9,11-15H2,1-2H3,(H,21,22). The number of nitrogens with zero attached hydrogens (tertiary/aromatic N) is 6. The molecule has 2 aliphatic rings. The summed E-state index contributed by atoms with van der Waals surface area (Å²) in [5.41, 5.74) is 0. The average Bonchev–Trinajstić information content (AvgIpc) is 3.40. The molecule has 8 heteroatoms. The van der Waals surface area contributed by atoms with Crippen molar-refractivity contribution in [2.75, 3.05) is 52.4 Å². The lowest BCUT2D eigenvalue weighted by Gasteiger charge is -2.39. The lowest BCUT2D eigenvalue weighted by atomic mass is 10.2. The predicted octanol–water partition coefficient (Wildman–Crippen LogP) is 0.477. The average molecular weight is 376 g/mol. The van der Waals surface area contributed by atoms with Crippen molar-refractivity contribution in [3.63, 3.8) is 0 Å². The second-order valence-corrected chi connectivity index (χ2v) is 7.27. The molecule has 2 saturated heterocycles. The highest BCUT2D eigenvalue weighted by Gasteiger charge is 2.30. The summed E-state index contributed by atoms with van der Waals surface area (Å²) in [5, 5.41) is 3.40. The fraction of sp³-hybridized carbons (Fsp3) is 0.737. The van der Waals surface area contributed by atoms with Gasteiger partial charge in [-0.25, -0.2) is 4.98 Å². The van der Waals surface area contributed by atoms with Gasteiger partial charge in [-0.2, -0.15) is 0 Å². The topological polar surface area (TPSA) is 69.0 Å².